The number of benzene rings is 2. The summed E-state index contributed by atoms with van der Waals surface area (Å²) in [4.78, 5) is 20.8. The van der Waals surface area contributed by atoms with Crippen molar-refractivity contribution in [2.75, 3.05) is 0 Å². The molecular weight excluding hydrogens is 260 g/mol. The molecule has 0 fully saturated rings. The second kappa shape index (κ2) is 6.24. The largest absolute Gasteiger partial charge is 0.478 e. The number of rotatable bonds is 5. The molecule has 0 aliphatic heterocycles. The predicted octanol–water partition coefficient (Wildman–Crippen LogP) is 3.34. The first-order chi connectivity index (χ1) is 9.69. The van der Waals surface area contributed by atoms with Crippen LogP contribution in [-0.2, 0) is 4.79 Å². The molecule has 2 aromatic carbocycles. The maximum absolute atomic E-state index is 10.7. The highest BCUT2D eigenvalue weighted by Crippen LogP contribution is 2.21. The van der Waals surface area contributed by atoms with Gasteiger partial charge in [-0.3, -0.25) is 4.79 Å². The summed E-state index contributed by atoms with van der Waals surface area (Å²) in [5.74, 6) is -0.566. The molecule has 0 saturated heterocycles. The fraction of sp³-hybridized carbons (Fsp3) is 0. The van der Waals surface area contributed by atoms with Crippen LogP contribution in [0, 0.1) is 0 Å². The summed E-state index contributed by atoms with van der Waals surface area (Å²) in [7, 11) is 0. The van der Waals surface area contributed by atoms with Gasteiger partial charge in [0, 0.05) is 0 Å². The van der Waals surface area contributed by atoms with Gasteiger partial charge in [0.15, 0.2) is 0 Å². The van der Waals surface area contributed by atoms with E-state index in [1.807, 2.05) is 0 Å². The van der Waals surface area contributed by atoms with Gasteiger partial charge in [-0.05, 0) is 48.5 Å². The Balaban J connectivity index is 2.08. The molecule has 0 aliphatic rings. The van der Waals surface area contributed by atoms with Gasteiger partial charge >= 0.3 is 5.97 Å². The molecule has 0 heterocycles. The molecule has 0 radical (unpaired) electrons. The van der Waals surface area contributed by atoms with Crippen LogP contribution in [-0.4, -0.2) is 17.5 Å². The molecule has 0 amide bonds. The van der Waals surface area contributed by atoms with E-state index in [-0.39, 0.29) is 5.56 Å². The Hall–Kier alpha value is -3.02. The number of carboxylic acid groups (broad SMARTS) is 1. The normalized spacial score (nSPS) is 10.4. The van der Waals surface area contributed by atoms with Crippen LogP contribution in [0.2, 0.25) is 0 Å². The lowest BCUT2D eigenvalue weighted by Crippen LogP contribution is -1.93. The van der Waals surface area contributed by atoms with E-state index in [0.29, 0.717) is 23.6 Å². The fourth-order valence-electron chi connectivity index (χ4n) is 1.43. The zero-order valence-corrected chi connectivity index (χ0v) is 10.3. The molecule has 0 bridgehead atoms. The van der Waals surface area contributed by atoms with Crippen LogP contribution >= 0.6 is 0 Å². The first-order valence-corrected chi connectivity index (χ1v) is 5.64. The molecule has 0 saturated carbocycles. The number of nitrogens with zero attached hydrogens (tertiary/aromatic N) is 2. The summed E-state index contributed by atoms with van der Waals surface area (Å²) in [6.45, 7) is 0.348. The fourth-order valence-corrected chi connectivity index (χ4v) is 1.43. The maximum Gasteiger partial charge on any atom is 0.335 e. The summed E-state index contributed by atoms with van der Waals surface area (Å²) in [6.07, 6.45) is 0. The molecule has 1 N–H and O–H groups in total. The van der Waals surface area contributed by atoms with E-state index in [1.165, 1.54) is 12.1 Å². The van der Waals surface area contributed by atoms with Gasteiger partial charge in [0.25, 0.3) is 6.47 Å². The highest BCUT2D eigenvalue weighted by atomic mass is 16.5. The highest BCUT2D eigenvalue weighted by Gasteiger charge is 2.00. The van der Waals surface area contributed by atoms with E-state index in [0.717, 1.165) is 0 Å². The summed E-state index contributed by atoms with van der Waals surface area (Å²) in [5.41, 5.74) is 1.33. The minimum atomic E-state index is -0.987. The Morgan fingerprint density at radius 3 is 1.90 bits per heavy atom. The first-order valence-electron chi connectivity index (χ1n) is 5.64. The molecule has 2 rings (SSSR count). The van der Waals surface area contributed by atoms with Crippen molar-refractivity contribution in [2.45, 2.75) is 0 Å². The quantitative estimate of drug-likeness (QED) is 0.666. The third kappa shape index (κ3) is 3.49. The number of carbonyl (C=O) groups excluding carboxylic acids is 1. The molecule has 20 heavy (non-hydrogen) atoms. The molecule has 6 heteroatoms. The van der Waals surface area contributed by atoms with Gasteiger partial charge in [0.1, 0.15) is 5.75 Å². The average molecular weight is 270 g/mol. The highest BCUT2D eigenvalue weighted by molar-refractivity contribution is 5.87. The first kappa shape index (κ1) is 13.4. The topological polar surface area (TPSA) is 88.3 Å². The van der Waals surface area contributed by atoms with Crippen LogP contribution < -0.4 is 4.74 Å². The van der Waals surface area contributed by atoms with Gasteiger partial charge in [-0.2, -0.15) is 10.2 Å². The average Bonchev–Trinajstić information content (AvgIpc) is 2.47. The molecular formula is C14H10N2O4. The van der Waals surface area contributed by atoms with Crippen molar-refractivity contribution in [3.63, 3.8) is 0 Å². The van der Waals surface area contributed by atoms with Crippen LogP contribution in [0.25, 0.3) is 0 Å². The minimum absolute atomic E-state index is 0.194. The molecule has 0 aliphatic carbocycles. The number of hydrogen-bond acceptors (Lipinski definition) is 5. The van der Waals surface area contributed by atoms with Crippen LogP contribution in [0.15, 0.2) is 58.8 Å². The Morgan fingerprint density at radius 1 is 0.950 bits per heavy atom. The van der Waals surface area contributed by atoms with Gasteiger partial charge in [-0.15, -0.1) is 0 Å². The number of ether oxygens (including phenoxy) is 1. The molecule has 0 spiro atoms. The molecule has 0 atom stereocenters. The maximum atomic E-state index is 10.7. The zero-order valence-electron chi connectivity index (χ0n) is 10.3. The Kier molecular flexibility index (Phi) is 4.18. The molecule has 0 aromatic heterocycles. The van der Waals surface area contributed by atoms with Crippen molar-refractivity contribution in [3.05, 3.63) is 54.1 Å². The molecule has 2 aromatic rings. The molecule has 100 valence electrons. The van der Waals surface area contributed by atoms with Crippen molar-refractivity contribution in [1.82, 2.24) is 0 Å². The van der Waals surface area contributed by atoms with Gasteiger partial charge in [-0.1, -0.05) is 0 Å². The number of azo groups is 1. The summed E-state index contributed by atoms with van der Waals surface area (Å²) in [5, 5.41) is 16.7. The second-order valence-electron chi connectivity index (χ2n) is 3.76. The van der Waals surface area contributed by atoms with Crippen LogP contribution in [0.1, 0.15) is 10.4 Å². The Morgan fingerprint density at radius 2 is 1.45 bits per heavy atom. The molecule has 0 unspecified atom stereocenters. The Bertz CT molecular complexity index is 633. The number of hydrogen-bond donors (Lipinski definition) is 1. The van der Waals surface area contributed by atoms with Gasteiger partial charge in [0.05, 0.1) is 16.9 Å². The van der Waals surface area contributed by atoms with Gasteiger partial charge in [-0.25, -0.2) is 4.79 Å². The number of carbonyl (C=O) groups is 2. The van der Waals surface area contributed by atoms with Gasteiger partial charge < -0.3 is 9.84 Å². The standard InChI is InChI=1S/C14H10N2O4/c17-9-20-13-7-5-12(6-8-13)16-15-11-3-1-10(2-4-11)14(18)19/h1-9H,(H,18,19). The van der Waals surface area contributed by atoms with Crippen molar-refractivity contribution >= 4 is 23.8 Å². The lowest BCUT2D eigenvalue weighted by atomic mass is 10.2. The predicted molar refractivity (Wildman–Crippen MR) is 70.7 cm³/mol. The van der Waals surface area contributed by atoms with E-state index < -0.39 is 5.97 Å². The third-order valence-corrected chi connectivity index (χ3v) is 2.42. The number of aromatic carboxylic acids is 1. The summed E-state index contributed by atoms with van der Waals surface area (Å²) in [6, 6.07) is 12.5. The lowest BCUT2D eigenvalue weighted by molar-refractivity contribution is -0.120. The molecule has 6 nitrogen and oxygen atoms in total. The summed E-state index contributed by atoms with van der Waals surface area (Å²) < 4.78 is 4.65. The van der Waals surface area contributed by atoms with Crippen LogP contribution in [0.3, 0.4) is 0 Å². The van der Waals surface area contributed by atoms with E-state index in [9.17, 15) is 9.59 Å². The zero-order chi connectivity index (χ0) is 14.4. The van der Waals surface area contributed by atoms with E-state index in [2.05, 4.69) is 15.0 Å². The van der Waals surface area contributed by atoms with Crippen molar-refractivity contribution < 1.29 is 19.4 Å². The van der Waals surface area contributed by atoms with Gasteiger partial charge in [0.2, 0.25) is 0 Å². The second-order valence-corrected chi connectivity index (χ2v) is 3.76. The van der Waals surface area contributed by atoms with E-state index >= 15 is 0 Å². The minimum Gasteiger partial charge on any atom is -0.478 e. The third-order valence-electron chi connectivity index (χ3n) is 2.42. The van der Waals surface area contributed by atoms with Crippen molar-refractivity contribution in [1.29, 1.82) is 0 Å². The lowest BCUT2D eigenvalue weighted by Gasteiger charge is -1.97. The van der Waals surface area contributed by atoms with Crippen molar-refractivity contribution in [3.8, 4) is 5.75 Å². The van der Waals surface area contributed by atoms with Crippen LogP contribution in [0.5, 0.6) is 5.75 Å². The van der Waals surface area contributed by atoms with Crippen LogP contribution in [0.4, 0.5) is 11.4 Å². The SMILES string of the molecule is O=COc1ccc(N=Nc2ccc(C(=O)O)cc2)cc1. The monoisotopic (exact) mass is 270 g/mol. The summed E-state index contributed by atoms with van der Waals surface area (Å²) >= 11 is 0. The van der Waals surface area contributed by atoms with Crippen molar-refractivity contribution in [2.24, 2.45) is 10.2 Å². The van der Waals surface area contributed by atoms with E-state index in [1.54, 1.807) is 36.4 Å². The smallest absolute Gasteiger partial charge is 0.335 e. The number of carboxylic acids is 1. The Labute approximate surface area is 114 Å². The van der Waals surface area contributed by atoms with E-state index in [4.69, 9.17) is 5.11 Å².